The Bertz CT molecular complexity index is 1300. The number of hydrogen-bond acceptors (Lipinski definition) is 9. The number of unbranched alkanes of at least 4 members (excludes halogenated alkanes) is 30. The fourth-order valence-corrected chi connectivity index (χ4v) is 8.94. The van der Waals surface area contributed by atoms with Gasteiger partial charge in [-0.2, -0.15) is 0 Å². The van der Waals surface area contributed by atoms with Gasteiger partial charge in [-0.3, -0.25) is 4.79 Å². The molecule has 1 heterocycles. The average molecular weight is 989 g/mol. The minimum atomic E-state index is -1.62. The summed E-state index contributed by atoms with van der Waals surface area (Å²) in [6.45, 7) is 3.52. The maximum Gasteiger partial charge on any atom is 0.249 e. The molecular weight excluding hydrogens is 879 g/mol. The molecule has 1 fully saturated rings. The molecule has 1 aliphatic rings. The molecule has 0 aromatic carbocycles. The van der Waals surface area contributed by atoms with Crippen molar-refractivity contribution < 1.29 is 44.9 Å². The van der Waals surface area contributed by atoms with Crippen molar-refractivity contribution in [2.24, 2.45) is 0 Å². The molecule has 1 amide bonds. The molecule has 8 atom stereocenters. The first kappa shape index (κ1) is 65.9. The van der Waals surface area contributed by atoms with Crippen molar-refractivity contribution in [3.05, 3.63) is 60.8 Å². The second kappa shape index (κ2) is 49.1. The Hall–Kier alpha value is -2.15. The van der Waals surface area contributed by atoms with Gasteiger partial charge in [-0.1, -0.05) is 242 Å². The van der Waals surface area contributed by atoms with Crippen molar-refractivity contribution in [1.82, 2.24) is 5.32 Å². The van der Waals surface area contributed by atoms with Gasteiger partial charge in [0, 0.05) is 0 Å². The lowest BCUT2D eigenvalue weighted by molar-refractivity contribution is -0.302. The lowest BCUT2D eigenvalue weighted by atomic mass is 9.99. The van der Waals surface area contributed by atoms with Crippen LogP contribution in [-0.2, 0) is 14.3 Å². The Balaban J connectivity index is 2.13. The van der Waals surface area contributed by atoms with Gasteiger partial charge in [0.25, 0.3) is 0 Å². The van der Waals surface area contributed by atoms with Crippen molar-refractivity contribution in [3.63, 3.8) is 0 Å². The highest BCUT2D eigenvalue weighted by molar-refractivity contribution is 5.80. The molecular formula is C60H109NO9. The van der Waals surface area contributed by atoms with E-state index >= 15 is 0 Å². The van der Waals surface area contributed by atoms with E-state index in [0.717, 1.165) is 57.8 Å². The summed E-state index contributed by atoms with van der Waals surface area (Å²) < 4.78 is 11.1. The van der Waals surface area contributed by atoms with Crippen molar-refractivity contribution >= 4 is 5.91 Å². The molecule has 0 bridgehead atoms. The minimum absolute atomic E-state index is 0.299. The first-order chi connectivity index (χ1) is 34.3. The molecule has 1 rings (SSSR count). The maximum absolute atomic E-state index is 13.1. The van der Waals surface area contributed by atoms with Gasteiger partial charge in [0.2, 0.25) is 5.91 Å². The van der Waals surface area contributed by atoms with E-state index in [0.29, 0.717) is 19.3 Å². The number of ether oxygens (including phenoxy) is 2. The molecule has 70 heavy (non-hydrogen) atoms. The van der Waals surface area contributed by atoms with E-state index in [4.69, 9.17) is 9.47 Å². The summed E-state index contributed by atoms with van der Waals surface area (Å²) in [5.41, 5.74) is 0. The second-order valence-electron chi connectivity index (χ2n) is 20.2. The van der Waals surface area contributed by atoms with E-state index in [1.165, 1.54) is 161 Å². The predicted octanol–water partition coefficient (Wildman–Crippen LogP) is 13.3. The zero-order valence-electron chi connectivity index (χ0n) is 44.9. The van der Waals surface area contributed by atoms with Crippen molar-refractivity contribution in [2.45, 2.75) is 300 Å². The second-order valence-corrected chi connectivity index (χ2v) is 20.2. The summed E-state index contributed by atoms with van der Waals surface area (Å²) in [7, 11) is 0. The minimum Gasteiger partial charge on any atom is -0.394 e. The summed E-state index contributed by atoms with van der Waals surface area (Å²) in [5, 5.41) is 64.8. The van der Waals surface area contributed by atoms with Crippen molar-refractivity contribution in [1.29, 1.82) is 0 Å². The van der Waals surface area contributed by atoms with Gasteiger partial charge in [0.1, 0.15) is 30.5 Å². The van der Waals surface area contributed by atoms with E-state index in [-0.39, 0.29) is 6.61 Å². The van der Waals surface area contributed by atoms with Gasteiger partial charge < -0.3 is 45.4 Å². The van der Waals surface area contributed by atoms with Crippen LogP contribution in [0.4, 0.5) is 0 Å². The van der Waals surface area contributed by atoms with E-state index in [1.54, 1.807) is 6.08 Å². The molecule has 0 spiro atoms. The van der Waals surface area contributed by atoms with Gasteiger partial charge in [-0.05, 0) is 70.6 Å². The molecule has 0 radical (unpaired) electrons. The standard InChI is InChI=1S/C60H109NO9/c1-3-5-7-9-11-13-15-16-17-18-19-20-21-22-23-24-25-26-27-28-29-30-31-32-33-34-35-36-37-39-41-43-45-47-49-54(64)59(68)61-52(51-69-60-58(67)57(66)56(65)55(50-62)70-60)53(63)48-46-44-42-40-38-14-12-10-8-6-4-2/h8,10,21-22,24-25,38,40,46,48,52-58,60,62-67H,3-7,9,11-20,23,26-37,39,41-45,47,49-51H2,1-2H3,(H,61,68)/b10-8+,22-21-,25-24-,40-38+,48-46+. The summed E-state index contributed by atoms with van der Waals surface area (Å²) in [6, 6.07) is -1.00. The maximum atomic E-state index is 13.1. The number of rotatable bonds is 49. The fraction of sp³-hybridized carbons (Fsp3) is 0.817. The Morgan fingerprint density at radius 1 is 0.500 bits per heavy atom. The Morgan fingerprint density at radius 2 is 0.914 bits per heavy atom. The number of allylic oxidation sites excluding steroid dienone is 9. The quantitative estimate of drug-likeness (QED) is 0.0232. The van der Waals surface area contributed by atoms with Gasteiger partial charge in [0.15, 0.2) is 6.29 Å². The smallest absolute Gasteiger partial charge is 0.249 e. The Labute approximate surface area is 429 Å². The highest BCUT2D eigenvalue weighted by Gasteiger charge is 2.44. The Morgan fingerprint density at radius 3 is 1.37 bits per heavy atom. The summed E-state index contributed by atoms with van der Waals surface area (Å²) in [5.74, 6) is -0.632. The van der Waals surface area contributed by atoms with Crippen LogP contribution in [0.3, 0.4) is 0 Å². The molecule has 8 unspecified atom stereocenters. The number of aliphatic hydroxyl groups is 6. The van der Waals surface area contributed by atoms with Crippen LogP contribution in [0.5, 0.6) is 0 Å². The zero-order chi connectivity index (χ0) is 51.0. The van der Waals surface area contributed by atoms with Gasteiger partial charge >= 0.3 is 0 Å². The van der Waals surface area contributed by atoms with Crippen LogP contribution >= 0.6 is 0 Å². The van der Waals surface area contributed by atoms with E-state index in [9.17, 15) is 35.4 Å². The number of carbonyl (C=O) groups excluding carboxylic acids is 1. The molecule has 0 aromatic rings. The molecule has 10 heteroatoms. The fourth-order valence-electron chi connectivity index (χ4n) is 8.94. The van der Waals surface area contributed by atoms with Crippen molar-refractivity contribution in [2.75, 3.05) is 13.2 Å². The monoisotopic (exact) mass is 988 g/mol. The third-order valence-corrected chi connectivity index (χ3v) is 13.6. The number of carbonyl (C=O) groups is 1. The summed E-state index contributed by atoms with van der Waals surface area (Å²) >= 11 is 0. The highest BCUT2D eigenvalue weighted by Crippen LogP contribution is 2.23. The number of hydrogen-bond donors (Lipinski definition) is 7. The van der Waals surface area contributed by atoms with Crippen LogP contribution in [0, 0.1) is 0 Å². The van der Waals surface area contributed by atoms with Crippen LogP contribution in [0.15, 0.2) is 60.8 Å². The predicted molar refractivity (Wildman–Crippen MR) is 292 cm³/mol. The van der Waals surface area contributed by atoms with Gasteiger partial charge in [-0.25, -0.2) is 0 Å². The lowest BCUT2D eigenvalue weighted by Gasteiger charge is -2.40. The molecule has 1 aliphatic heterocycles. The van der Waals surface area contributed by atoms with Gasteiger partial charge in [0.05, 0.1) is 25.4 Å². The largest absolute Gasteiger partial charge is 0.394 e. The average Bonchev–Trinajstić information content (AvgIpc) is 3.36. The Kier molecular flexibility index (Phi) is 46.2. The molecule has 1 saturated heterocycles. The first-order valence-corrected chi connectivity index (χ1v) is 29.1. The SMILES string of the molecule is CCC/C=C/CC/C=C/CC/C=C/C(O)C(COC1OC(CO)C(O)C(O)C1O)NC(=O)C(O)CCCCCCCCCCCCCCCCCC/C=C\C/C=C\CCCCCCCCCCCCC. The van der Waals surface area contributed by atoms with Crippen LogP contribution in [-0.4, -0.2) is 98.7 Å². The molecule has 0 aromatic heterocycles. The topological polar surface area (TPSA) is 169 Å². The normalized spacial score (nSPS) is 20.3. The number of aliphatic hydroxyl groups excluding tert-OH is 6. The van der Waals surface area contributed by atoms with Crippen LogP contribution in [0.25, 0.3) is 0 Å². The van der Waals surface area contributed by atoms with Crippen LogP contribution in [0.1, 0.15) is 251 Å². The number of nitrogens with one attached hydrogen (secondary N) is 1. The van der Waals surface area contributed by atoms with E-state index in [2.05, 4.69) is 67.8 Å². The van der Waals surface area contributed by atoms with E-state index < -0.39 is 61.5 Å². The molecule has 0 saturated carbocycles. The van der Waals surface area contributed by atoms with Crippen molar-refractivity contribution in [3.8, 4) is 0 Å². The zero-order valence-corrected chi connectivity index (χ0v) is 44.9. The highest BCUT2D eigenvalue weighted by atomic mass is 16.7. The summed E-state index contributed by atoms with van der Waals surface area (Å²) in [6.07, 6.45) is 56.5. The van der Waals surface area contributed by atoms with E-state index in [1.807, 2.05) is 6.08 Å². The van der Waals surface area contributed by atoms with Crippen LogP contribution in [0.2, 0.25) is 0 Å². The molecule has 7 N–H and O–H groups in total. The first-order valence-electron chi connectivity index (χ1n) is 29.1. The molecule has 408 valence electrons. The number of amides is 1. The third-order valence-electron chi connectivity index (χ3n) is 13.6. The van der Waals surface area contributed by atoms with Gasteiger partial charge in [-0.15, -0.1) is 0 Å². The molecule has 10 nitrogen and oxygen atoms in total. The third kappa shape index (κ3) is 37.6. The molecule has 0 aliphatic carbocycles. The van der Waals surface area contributed by atoms with Crippen LogP contribution < -0.4 is 5.32 Å². The lowest BCUT2D eigenvalue weighted by Crippen LogP contribution is -2.60. The summed E-state index contributed by atoms with van der Waals surface area (Å²) in [4.78, 5) is 13.1.